The van der Waals surface area contributed by atoms with E-state index in [9.17, 15) is 14.3 Å². The monoisotopic (exact) mass is 252 g/mol. The van der Waals surface area contributed by atoms with E-state index >= 15 is 0 Å². The summed E-state index contributed by atoms with van der Waals surface area (Å²) in [6.45, 7) is 0. The molecule has 18 heavy (non-hydrogen) atoms. The standard InChI is InChI=1S/C13H17FN2O2/c14-8-5-6-9(12(17)7-8)13(18)16-11-4-2-1-3-10(11)15/h5-7,10-11,17H,1-4,15H2,(H,16,18)/t10-,11-/m1/s1. The van der Waals surface area contributed by atoms with Gasteiger partial charge in [-0.3, -0.25) is 4.79 Å². The number of amides is 1. The number of carbonyl (C=O) groups is 1. The van der Waals surface area contributed by atoms with E-state index in [4.69, 9.17) is 5.73 Å². The van der Waals surface area contributed by atoms with Gasteiger partial charge >= 0.3 is 0 Å². The minimum atomic E-state index is -0.571. The summed E-state index contributed by atoms with van der Waals surface area (Å²) in [7, 11) is 0. The van der Waals surface area contributed by atoms with Crippen molar-refractivity contribution in [2.75, 3.05) is 0 Å². The molecule has 5 heteroatoms. The maximum Gasteiger partial charge on any atom is 0.255 e. The maximum atomic E-state index is 12.8. The first-order chi connectivity index (χ1) is 8.58. The smallest absolute Gasteiger partial charge is 0.255 e. The highest BCUT2D eigenvalue weighted by Gasteiger charge is 2.24. The Morgan fingerprint density at radius 3 is 2.78 bits per heavy atom. The van der Waals surface area contributed by atoms with Gasteiger partial charge in [0.15, 0.2) is 0 Å². The fraction of sp³-hybridized carbons (Fsp3) is 0.462. The van der Waals surface area contributed by atoms with Crippen LogP contribution in [0.5, 0.6) is 5.75 Å². The number of nitrogens with one attached hydrogen (secondary N) is 1. The molecular weight excluding hydrogens is 235 g/mol. The number of phenols is 1. The second-order valence-electron chi connectivity index (χ2n) is 4.69. The molecule has 1 aliphatic rings. The summed E-state index contributed by atoms with van der Waals surface area (Å²) in [4.78, 5) is 11.9. The molecule has 0 heterocycles. The number of hydrogen-bond acceptors (Lipinski definition) is 3. The predicted octanol–water partition coefficient (Wildman–Crippen LogP) is 1.53. The van der Waals surface area contributed by atoms with Crippen LogP contribution in [0.15, 0.2) is 18.2 Å². The molecule has 4 nitrogen and oxygen atoms in total. The van der Waals surface area contributed by atoms with Crippen molar-refractivity contribution in [2.45, 2.75) is 37.8 Å². The summed E-state index contributed by atoms with van der Waals surface area (Å²) >= 11 is 0. The number of rotatable bonds is 2. The first kappa shape index (κ1) is 12.8. The van der Waals surface area contributed by atoms with Crippen molar-refractivity contribution in [1.82, 2.24) is 5.32 Å². The summed E-state index contributed by atoms with van der Waals surface area (Å²) < 4.78 is 12.8. The van der Waals surface area contributed by atoms with Gasteiger partial charge < -0.3 is 16.2 Å². The molecule has 0 spiro atoms. The van der Waals surface area contributed by atoms with Crippen molar-refractivity contribution in [3.63, 3.8) is 0 Å². The highest BCUT2D eigenvalue weighted by molar-refractivity contribution is 5.97. The molecule has 1 fully saturated rings. The van der Waals surface area contributed by atoms with E-state index in [1.165, 1.54) is 6.07 Å². The average molecular weight is 252 g/mol. The van der Waals surface area contributed by atoms with Crippen molar-refractivity contribution in [3.8, 4) is 5.75 Å². The van der Waals surface area contributed by atoms with Gasteiger partial charge in [0.25, 0.3) is 5.91 Å². The minimum absolute atomic E-state index is 0.0507. The second-order valence-corrected chi connectivity index (χ2v) is 4.69. The zero-order valence-electron chi connectivity index (χ0n) is 10.0. The van der Waals surface area contributed by atoms with Gasteiger partial charge in [0.05, 0.1) is 5.56 Å². The summed E-state index contributed by atoms with van der Waals surface area (Å²) in [6.07, 6.45) is 3.85. The van der Waals surface area contributed by atoms with Crippen molar-refractivity contribution < 1.29 is 14.3 Å². The molecule has 1 aromatic rings. The van der Waals surface area contributed by atoms with Gasteiger partial charge in [-0.05, 0) is 25.0 Å². The third-order valence-electron chi connectivity index (χ3n) is 3.34. The Bertz CT molecular complexity index is 451. The van der Waals surface area contributed by atoms with Crippen LogP contribution in [0.3, 0.4) is 0 Å². The molecule has 0 radical (unpaired) electrons. The van der Waals surface area contributed by atoms with Gasteiger partial charge in [-0.2, -0.15) is 0 Å². The van der Waals surface area contributed by atoms with Crippen LogP contribution in [-0.2, 0) is 0 Å². The number of halogens is 1. The molecule has 0 aromatic heterocycles. The fourth-order valence-corrected chi connectivity index (χ4v) is 2.28. The highest BCUT2D eigenvalue weighted by Crippen LogP contribution is 2.20. The molecule has 2 rings (SSSR count). The van der Waals surface area contributed by atoms with Crippen LogP contribution in [-0.4, -0.2) is 23.1 Å². The van der Waals surface area contributed by atoms with E-state index in [1.54, 1.807) is 0 Å². The van der Waals surface area contributed by atoms with Crippen LogP contribution in [0, 0.1) is 5.82 Å². The van der Waals surface area contributed by atoms with Crippen molar-refractivity contribution in [2.24, 2.45) is 5.73 Å². The number of hydrogen-bond donors (Lipinski definition) is 3. The molecule has 0 unspecified atom stereocenters. The Hall–Kier alpha value is -1.62. The van der Waals surface area contributed by atoms with Crippen molar-refractivity contribution in [3.05, 3.63) is 29.6 Å². The normalized spacial score (nSPS) is 23.7. The van der Waals surface area contributed by atoms with Gasteiger partial charge in [-0.25, -0.2) is 4.39 Å². The largest absolute Gasteiger partial charge is 0.507 e. The van der Waals surface area contributed by atoms with Crippen molar-refractivity contribution >= 4 is 5.91 Å². The third-order valence-corrected chi connectivity index (χ3v) is 3.34. The molecule has 1 aliphatic carbocycles. The topological polar surface area (TPSA) is 75.3 Å². The summed E-state index contributed by atoms with van der Waals surface area (Å²) in [6, 6.07) is 3.22. The molecule has 0 bridgehead atoms. The first-order valence-corrected chi connectivity index (χ1v) is 6.13. The number of phenolic OH excluding ortho intramolecular Hbond substituents is 1. The summed E-state index contributed by atoms with van der Waals surface area (Å²) in [5.41, 5.74) is 6.01. The fourth-order valence-electron chi connectivity index (χ4n) is 2.28. The van der Waals surface area contributed by atoms with Crippen LogP contribution in [0.2, 0.25) is 0 Å². The Morgan fingerprint density at radius 1 is 1.39 bits per heavy atom. The first-order valence-electron chi connectivity index (χ1n) is 6.13. The lowest BCUT2D eigenvalue weighted by Crippen LogP contribution is -2.49. The molecule has 1 saturated carbocycles. The minimum Gasteiger partial charge on any atom is -0.507 e. The van der Waals surface area contributed by atoms with E-state index < -0.39 is 11.7 Å². The lowest BCUT2D eigenvalue weighted by molar-refractivity contribution is 0.0918. The van der Waals surface area contributed by atoms with Crippen molar-refractivity contribution in [1.29, 1.82) is 0 Å². The number of carbonyl (C=O) groups excluding carboxylic acids is 1. The zero-order valence-corrected chi connectivity index (χ0v) is 10.0. The van der Waals surface area contributed by atoms with Crippen LogP contribution in [0.25, 0.3) is 0 Å². The maximum absolute atomic E-state index is 12.8. The van der Waals surface area contributed by atoms with E-state index in [2.05, 4.69) is 5.32 Å². The van der Waals surface area contributed by atoms with Gasteiger partial charge in [-0.1, -0.05) is 12.8 Å². The van der Waals surface area contributed by atoms with Crippen LogP contribution in [0.4, 0.5) is 4.39 Å². The van der Waals surface area contributed by atoms with Crippen LogP contribution >= 0.6 is 0 Å². The number of aromatic hydroxyl groups is 1. The molecule has 0 aliphatic heterocycles. The highest BCUT2D eigenvalue weighted by atomic mass is 19.1. The molecule has 1 aromatic carbocycles. The molecule has 0 saturated heterocycles. The van der Waals surface area contributed by atoms with Gasteiger partial charge in [-0.15, -0.1) is 0 Å². The van der Waals surface area contributed by atoms with E-state index in [1.807, 2.05) is 0 Å². The number of benzene rings is 1. The van der Waals surface area contributed by atoms with E-state index in [-0.39, 0.29) is 23.4 Å². The van der Waals surface area contributed by atoms with E-state index in [0.29, 0.717) is 0 Å². The SMILES string of the molecule is N[C@@H]1CCCC[C@H]1NC(=O)c1ccc(F)cc1O. The molecule has 2 atom stereocenters. The molecule has 1 amide bonds. The van der Waals surface area contributed by atoms with Crippen LogP contribution in [0.1, 0.15) is 36.0 Å². The average Bonchev–Trinajstić information content (AvgIpc) is 2.32. The molecular formula is C13H17FN2O2. The Labute approximate surface area is 105 Å². The molecule has 4 N–H and O–H groups in total. The third kappa shape index (κ3) is 2.79. The summed E-state index contributed by atoms with van der Waals surface area (Å²) in [5.74, 6) is -1.33. The lowest BCUT2D eigenvalue weighted by Gasteiger charge is -2.29. The van der Waals surface area contributed by atoms with E-state index in [0.717, 1.165) is 37.8 Å². The Balaban J connectivity index is 2.07. The summed E-state index contributed by atoms with van der Waals surface area (Å²) in [5, 5.41) is 12.3. The zero-order chi connectivity index (χ0) is 13.1. The van der Waals surface area contributed by atoms with Gasteiger partial charge in [0.1, 0.15) is 11.6 Å². The predicted molar refractivity (Wildman–Crippen MR) is 65.8 cm³/mol. The van der Waals surface area contributed by atoms with Gasteiger partial charge in [0, 0.05) is 18.2 Å². The Morgan fingerprint density at radius 2 is 2.11 bits per heavy atom. The quantitative estimate of drug-likeness (QED) is 0.747. The van der Waals surface area contributed by atoms with Gasteiger partial charge in [0.2, 0.25) is 0 Å². The number of nitrogens with two attached hydrogens (primary N) is 1. The Kier molecular flexibility index (Phi) is 3.81. The van der Waals surface area contributed by atoms with Crippen LogP contribution < -0.4 is 11.1 Å². The lowest BCUT2D eigenvalue weighted by atomic mass is 9.91. The second kappa shape index (κ2) is 5.35. The molecule has 98 valence electrons.